The Labute approximate surface area is 279 Å². The number of benzene rings is 5. The van der Waals surface area contributed by atoms with Crippen LogP contribution in [-0.2, 0) is 0 Å². The van der Waals surface area contributed by atoms with Gasteiger partial charge >= 0.3 is 0 Å². The molecule has 1 aromatic heterocycles. The second-order valence-electron chi connectivity index (χ2n) is 12.7. The highest BCUT2D eigenvalue weighted by molar-refractivity contribution is 6.13. The normalized spacial score (nSPS) is 18.0. The molecule has 0 bridgehead atoms. The van der Waals surface area contributed by atoms with Gasteiger partial charge < -0.3 is 9.47 Å². The molecule has 0 N–H and O–H groups in total. The van der Waals surface area contributed by atoms with Crippen molar-refractivity contribution in [3.8, 4) is 17.8 Å². The van der Waals surface area contributed by atoms with Crippen molar-refractivity contribution in [2.75, 3.05) is 4.90 Å². The zero-order valence-corrected chi connectivity index (χ0v) is 26.2. The van der Waals surface area contributed by atoms with Crippen LogP contribution >= 0.6 is 0 Å². The summed E-state index contributed by atoms with van der Waals surface area (Å²) in [6, 6.07) is 44.5. The van der Waals surface area contributed by atoms with Gasteiger partial charge in [0.1, 0.15) is 0 Å². The highest BCUT2D eigenvalue weighted by atomic mass is 15.2. The van der Waals surface area contributed by atoms with E-state index in [1.54, 1.807) is 0 Å². The number of rotatable bonds is 4. The molecule has 2 heterocycles. The lowest BCUT2D eigenvalue weighted by Gasteiger charge is -2.35. The number of hydrogen-bond acceptors (Lipinski definition) is 3. The number of allylic oxidation sites excluding steroid dienone is 5. The summed E-state index contributed by atoms with van der Waals surface area (Å²) >= 11 is 0. The van der Waals surface area contributed by atoms with Gasteiger partial charge in [0, 0.05) is 39.3 Å². The molecule has 4 nitrogen and oxygen atoms in total. The minimum absolute atomic E-state index is 0.0860. The van der Waals surface area contributed by atoms with E-state index >= 15 is 0 Å². The Bertz CT molecular complexity index is 2490. The van der Waals surface area contributed by atoms with Crippen LogP contribution in [0.25, 0.3) is 33.1 Å². The molecule has 0 amide bonds. The molecule has 5 aromatic carbocycles. The Balaban J connectivity index is 1.21. The van der Waals surface area contributed by atoms with E-state index in [1.165, 1.54) is 33.5 Å². The second kappa shape index (κ2) is 11.2. The SMILES string of the molecule is N#Cc1cccc(N2c3ccccc3C3C=CC=C(C4=CC(c5cccc6c7cc(C#N)ccc7n(-c7ccccc7)c56)=CCC4)C32)c1. The third-order valence-electron chi connectivity index (χ3n) is 10.1. The van der Waals surface area contributed by atoms with E-state index in [1.807, 2.05) is 36.4 Å². The summed E-state index contributed by atoms with van der Waals surface area (Å²) in [6.45, 7) is 0. The number of aromatic nitrogens is 1. The molecule has 0 saturated heterocycles. The molecule has 4 heteroatoms. The molecule has 1 aliphatic heterocycles. The monoisotopic (exact) mass is 614 g/mol. The maximum atomic E-state index is 9.74. The van der Waals surface area contributed by atoms with E-state index in [2.05, 4.69) is 131 Å². The molecule has 0 saturated carbocycles. The van der Waals surface area contributed by atoms with Crippen molar-refractivity contribution >= 4 is 38.8 Å². The molecular weight excluding hydrogens is 585 g/mol. The Morgan fingerprint density at radius 2 is 1.50 bits per heavy atom. The minimum atomic E-state index is 0.0860. The lowest BCUT2D eigenvalue weighted by Crippen LogP contribution is -2.33. The summed E-state index contributed by atoms with van der Waals surface area (Å²) in [6.07, 6.45) is 13.5. The lowest BCUT2D eigenvalue weighted by molar-refractivity contribution is 0.701. The van der Waals surface area contributed by atoms with Crippen LogP contribution in [0.2, 0.25) is 0 Å². The lowest BCUT2D eigenvalue weighted by atomic mass is 9.79. The topological polar surface area (TPSA) is 55.8 Å². The van der Waals surface area contributed by atoms with Gasteiger partial charge in [0.05, 0.1) is 40.3 Å². The number of hydrogen-bond donors (Lipinski definition) is 0. The van der Waals surface area contributed by atoms with Crippen LogP contribution < -0.4 is 4.90 Å². The first kappa shape index (κ1) is 27.9. The van der Waals surface area contributed by atoms with Gasteiger partial charge in [-0.1, -0.05) is 91.0 Å². The predicted molar refractivity (Wildman–Crippen MR) is 194 cm³/mol. The predicted octanol–water partition coefficient (Wildman–Crippen LogP) is 10.4. The van der Waals surface area contributed by atoms with Crippen LogP contribution in [0.5, 0.6) is 0 Å². The van der Waals surface area contributed by atoms with Gasteiger partial charge in [-0.15, -0.1) is 0 Å². The van der Waals surface area contributed by atoms with Crippen molar-refractivity contribution < 1.29 is 0 Å². The smallest absolute Gasteiger partial charge is 0.0992 e. The van der Waals surface area contributed by atoms with Gasteiger partial charge in [0.25, 0.3) is 0 Å². The van der Waals surface area contributed by atoms with E-state index in [0.717, 1.165) is 46.0 Å². The first-order valence-corrected chi connectivity index (χ1v) is 16.4. The summed E-state index contributed by atoms with van der Waals surface area (Å²) in [5.74, 6) is 0.209. The second-order valence-corrected chi connectivity index (χ2v) is 12.7. The standard InChI is InChI=1S/C44H30N4/c45-27-29-10-6-15-34(24-29)48-41-21-5-4-16-37(41)38-19-8-17-35(43(38)48)31-11-7-12-32(26-31)36-18-9-20-39-40-25-30(28-46)22-23-42(40)47(44(36)39)33-13-2-1-3-14-33/h1-6,8-10,12-26,38,43H,7,11H2. The van der Waals surface area contributed by atoms with Crippen molar-refractivity contribution in [2.24, 2.45) is 0 Å². The molecule has 2 aliphatic carbocycles. The fourth-order valence-corrected chi connectivity index (χ4v) is 8.04. The van der Waals surface area contributed by atoms with Crippen molar-refractivity contribution in [3.63, 3.8) is 0 Å². The number of para-hydroxylation sites is 3. The molecule has 48 heavy (non-hydrogen) atoms. The van der Waals surface area contributed by atoms with Crippen LogP contribution in [0.1, 0.15) is 41.0 Å². The van der Waals surface area contributed by atoms with E-state index in [9.17, 15) is 10.5 Å². The zero-order valence-electron chi connectivity index (χ0n) is 26.2. The zero-order chi connectivity index (χ0) is 32.2. The van der Waals surface area contributed by atoms with Gasteiger partial charge in [0.15, 0.2) is 0 Å². The van der Waals surface area contributed by atoms with Crippen LogP contribution in [0, 0.1) is 22.7 Å². The number of nitrogens with zero attached hydrogens (tertiary/aromatic N) is 4. The Hall–Kier alpha value is -6.36. The van der Waals surface area contributed by atoms with Gasteiger partial charge in [0.2, 0.25) is 0 Å². The molecule has 9 rings (SSSR count). The number of nitriles is 2. The average molecular weight is 615 g/mol. The maximum absolute atomic E-state index is 9.74. The molecule has 6 aromatic rings. The Morgan fingerprint density at radius 3 is 2.38 bits per heavy atom. The Kier molecular flexibility index (Phi) is 6.49. The van der Waals surface area contributed by atoms with Crippen LogP contribution in [0.3, 0.4) is 0 Å². The van der Waals surface area contributed by atoms with Crippen LogP contribution in [0.4, 0.5) is 11.4 Å². The summed E-state index contributed by atoms with van der Waals surface area (Å²) in [7, 11) is 0. The van der Waals surface area contributed by atoms with Gasteiger partial charge in [-0.05, 0) is 89.7 Å². The summed E-state index contributed by atoms with van der Waals surface area (Å²) in [5.41, 5.74) is 13.3. The molecule has 0 radical (unpaired) electrons. The molecular formula is C44H30N4. The maximum Gasteiger partial charge on any atom is 0.0992 e. The fraction of sp³-hybridized carbons (Fsp3) is 0.0909. The summed E-state index contributed by atoms with van der Waals surface area (Å²) in [4.78, 5) is 2.44. The third-order valence-corrected chi connectivity index (χ3v) is 10.1. The van der Waals surface area contributed by atoms with E-state index in [0.29, 0.717) is 11.1 Å². The van der Waals surface area contributed by atoms with Gasteiger partial charge in [-0.25, -0.2) is 0 Å². The molecule has 3 aliphatic rings. The van der Waals surface area contributed by atoms with Crippen molar-refractivity contribution in [3.05, 3.63) is 179 Å². The van der Waals surface area contributed by atoms with Crippen LogP contribution in [-0.4, -0.2) is 10.6 Å². The van der Waals surface area contributed by atoms with Crippen molar-refractivity contribution in [1.82, 2.24) is 4.57 Å². The van der Waals surface area contributed by atoms with Gasteiger partial charge in [-0.2, -0.15) is 10.5 Å². The Morgan fingerprint density at radius 1 is 0.708 bits per heavy atom. The van der Waals surface area contributed by atoms with Crippen molar-refractivity contribution in [2.45, 2.75) is 24.8 Å². The average Bonchev–Trinajstić information content (AvgIpc) is 3.68. The first-order valence-electron chi connectivity index (χ1n) is 16.4. The fourth-order valence-electron chi connectivity index (χ4n) is 8.04. The number of fused-ring (bicyclic) bond motifs is 6. The molecule has 2 atom stereocenters. The molecule has 0 fully saturated rings. The minimum Gasteiger partial charge on any atom is -0.333 e. The molecule has 0 spiro atoms. The van der Waals surface area contributed by atoms with Crippen LogP contribution in [0.15, 0.2) is 157 Å². The first-order chi connectivity index (χ1) is 23.7. The summed E-state index contributed by atoms with van der Waals surface area (Å²) < 4.78 is 2.35. The number of anilines is 2. The molecule has 2 unspecified atom stereocenters. The third kappa shape index (κ3) is 4.28. The highest BCUT2D eigenvalue weighted by Crippen LogP contribution is 2.52. The van der Waals surface area contributed by atoms with E-state index < -0.39 is 0 Å². The highest BCUT2D eigenvalue weighted by Gasteiger charge is 2.42. The molecule has 226 valence electrons. The van der Waals surface area contributed by atoms with E-state index in [-0.39, 0.29) is 12.0 Å². The van der Waals surface area contributed by atoms with Crippen molar-refractivity contribution in [1.29, 1.82) is 10.5 Å². The van der Waals surface area contributed by atoms with E-state index in [4.69, 9.17) is 0 Å². The quantitative estimate of drug-likeness (QED) is 0.199. The van der Waals surface area contributed by atoms with Gasteiger partial charge in [-0.3, -0.25) is 0 Å². The largest absolute Gasteiger partial charge is 0.333 e. The summed E-state index contributed by atoms with van der Waals surface area (Å²) in [5, 5.41) is 21.7.